The van der Waals surface area contributed by atoms with Crippen LogP contribution < -0.4 is 69.5 Å². The van der Waals surface area contributed by atoms with E-state index in [1.54, 1.807) is 0 Å². The summed E-state index contributed by atoms with van der Waals surface area (Å²) >= 11 is 0. The second-order valence-corrected chi connectivity index (χ2v) is 1.34. The average Bonchev–Trinajstić information content (AvgIpc) is 2.03. The van der Waals surface area contributed by atoms with Crippen LogP contribution in [0.5, 0.6) is 0 Å². The molecule has 0 rings (SSSR count). The molecule has 0 bridgehead atoms. The minimum atomic E-state index is -1.08. The first kappa shape index (κ1) is 42.9. The summed E-state index contributed by atoms with van der Waals surface area (Å²) in [4.78, 5) is 37.0. The summed E-state index contributed by atoms with van der Waals surface area (Å²) in [6.07, 6.45) is 0.250. The third-order valence-corrected chi connectivity index (χ3v) is 0.0527. The Morgan fingerprint density at radius 3 is 1.28 bits per heavy atom. The Balaban J connectivity index is -0.0000000171. The molecule has 0 aromatic heterocycles. The largest absolute Gasteiger partial charge is 1.00 e. The maximum atomic E-state index is 9.00. The molecule has 0 spiro atoms. The van der Waals surface area contributed by atoms with Crippen LogP contribution >= 0.6 is 0 Å². The van der Waals surface area contributed by atoms with Crippen LogP contribution in [0.15, 0.2) is 0 Å². The maximum absolute atomic E-state index is 9.00. The van der Waals surface area contributed by atoms with E-state index >= 15 is 0 Å². The predicted molar refractivity (Wildman–Crippen MR) is 40.8 cm³/mol. The zero-order valence-corrected chi connectivity index (χ0v) is 14.5. The number of rotatable bonds is 1. The molecule has 0 aromatic rings. The molecule has 98 valence electrons. The van der Waals surface area contributed by atoms with E-state index in [0.29, 0.717) is 0 Å². The zero-order chi connectivity index (χ0) is 13.3. The van der Waals surface area contributed by atoms with Gasteiger partial charge in [0.2, 0.25) is 0 Å². The van der Waals surface area contributed by atoms with E-state index in [2.05, 4.69) is 4.89 Å². The van der Waals surface area contributed by atoms with Crippen molar-refractivity contribution in [1.29, 1.82) is 0 Å². The van der Waals surface area contributed by atoms with Crippen molar-refractivity contribution in [2.45, 2.75) is 13.8 Å². The van der Waals surface area contributed by atoms with Crippen LogP contribution in [-0.2, 0) is 24.1 Å². The number of aliphatic hydroxyl groups excluding tert-OH is 1. The molecule has 0 fully saturated rings. The summed E-state index contributed by atoms with van der Waals surface area (Å²) in [6, 6.07) is 0. The van der Waals surface area contributed by atoms with Crippen molar-refractivity contribution in [3.63, 3.8) is 0 Å². The van der Waals surface area contributed by atoms with Crippen molar-refractivity contribution >= 4 is 18.1 Å². The standard InChI is InChI=1S/2C2H4O2.CH4O3.CO2.2Na.H2O/c2*1-2(3)4;2-1-4-3;2-1-3;;;/h2*1H3,(H,3,4);2-3H,1H2;;;;1H2/q;;;;2*+1;/p-2. The van der Waals surface area contributed by atoms with Gasteiger partial charge in [0, 0.05) is 12.9 Å². The molecule has 0 amide bonds. The Morgan fingerprint density at radius 1 is 1.22 bits per heavy atom. The van der Waals surface area contributed by atoms with Gasteiger partial charge in [0.05, 0.1) is 0 Å². The fourth-order valence-electron chi connectivity index (χ4n) is 0. The van der Waals surface area contributed by atoms with Crippen LogP contribution in [-0.4, -0.2) is 40.6 Å². The number of carboxylic acid groups (broad SMARTS) is 2. The molecule has 10 nitrogen and oxygen atoms in total. The Labute approximate surface area is 147 Å². The molecule has 0 heterocycles. The summed E-state index contributed by atoms with van der Waals surface area (Å²) in [5, 5.41) is 32.2. The molecular formula is C6H12Na2O10. The first-order valence-electron chi connectivity index (χ1n) is 3.02. The van der Waals surface area contributed by atoms with Gasteiger partial charge in [-0.05, 0) is 6.92 Å². The average molecular weight is 290 g/mol. The molecular weight excluding hydrogens is 278 g/mol. The number of aliphatic carboxylic acids is 2. The zero-order valence-electron chi connectivity index (χ0n) is 10.5. The minimum Gasteiger partial charge on any atom is -0.722 e. The Bertz CT molecular complexity index is 157. The molecule has 4 N–H and O–H groups in total. The second-order valence-electron chi connectivity index (χ2n) is 1.34. The summed E-state index contributed by atoms with van der Waals surface area (Å²) in [5.74, 6) is -1.92. The van der Waals surface area contributed by atoms with Crippen LogP contribution in [0.1, 0.15) is 13.8 Å². The van der Waals surface area contributed by atoms with Crippen LogP contribution in [0.25, 0.3) is 0 Å². The first-order chi connectivity index (χ1) is 6.79. The van der Waals surface area contributed by atoms with Gasteiger partial charge in [0.15, 0.2) is 0 Å². The quantitative estimate of drug-likeness (QED) is 0.204. The fourth-order valence-corrected chi connectivity index (χ4v) is 0. The van der Waals surface area contributed by atoms with E-state index in [9.17, 15) is 0 Å². The number of carbonyl (C=O) groups excluding carboxylic acids is 3. The summed E-state index contributed by atoms with van der Waals surface area (Å²) in [7, 11) is 0. The van der Waals surface area contributed by atoms with Crippen LogP contribution in [0.2, 0.25) is 0 Å². The maximum Gasteiger partial charge on any atom is 1.00 e. The number of aliphatic hydroxyl groups is 1. The summed E-state index contributed by atoms with van der Waals surface area (Å²) in [5.41, 5.74) is 0. The van der Waals surface area contributed by atoms with E-state index in [0.717, 1.165) is 13.8 Å². The Hall–Kier alpha value is 0.160. The van der Waals surface area contributed by atoms with E-state index in [-0.39, 0.29) is 70.7 Å². The normalized spacial score (nSPS) is 4.89. The van der Waals surface area contributed by atoms with E-state index in [1.165, 1.54) is 0 Å². The van der Waals surface area contributed by atoms with Crippen LogP contribution in [0, 0.1) is 0 Å². The molecule has 0 aliphatic heterocycles. The van der Waals surface area contributed by atoms with Crippen molar-refractivity contribution < 1.29 is 109 Å². The van der Waals surface area contributed by atoms with Crippen molar-refractivity contribution in [2.75, 3.05) is 6.79 Å². The molecule has 0 radical (unpaired) electrons. The van der Waals surface area contributed by atoms with Gasteiger partial charge >= 0.3 is 65.3 Å². The number of hydrogen-bond acceptors (Lipinski definition) is 8. The molecule has 0 saturated carbocycles. The van der Waals surface area contributed by atoms with Gasteiger partial charge in [-0.2, -0.15) is 9.59 Å². The number of carbonyl (C=O) groups is 2. The van der Waals surface area contributed by atoms with E-state index in [1.807, 2.05) is 0 Å². The van der Waals surface area contributed by atoms with E-state index in [4.69, 9.17) is 39.8 Å². The van der Waals surface area contributed by atoms with Gasteiger partial charge in [0.1, 0.15) is 6.79 Å². The number of hydrogen-bond donors (Lipinski definition) is 2. The minimum absolute atomic E-state index is 0. The van der Waals surface area contributed by atoms with Gasteiger partial charge < -0.3 is 35.7 Å². The van der Waals surface area contributed by atoms with Crippen LogP contribution in [0.4, 0.5) is 0 Å². The molecule has 12 heteroatoms. The van der Waals surface area contributed by atoms with Gasteiger partial charge in [-0.3, -0.25) is 4.79 Å². The van der Waals surface area contributed by atoms with Crippen molar-refractivity contribution in [1.82, 2.24) is 0 Å². The van der Waals surface area contributed by atoms with Crippen molar-refractivity contribution in [3.05, 3.63) is 0 Å². The van der Waals surface area contributed by atoms with Gasteiger partial charge in [-0.1, -0.05) is 0 Å². The van der Waals surface area contributed by atoms with E-state index < -0.39 is 18.7 Å². The van der Waals surface area contributed by atoms with Crippen LogP contribution in [0.3, 0.4) is 0 Å². The number of carboxylic acids is 2. The van der Waals surface area contributed by atoms with Gasteiger partial charge in [-0.15, -0.1) is 0 Å². The summed E-state index contributed by atoms with van der Waals surface area (Å²) in [6.45, 7) is 1.32. The smallest absolute Gasteiger partial charge is 0.722 e. The van der Waals surface area contributed by atoms with Gasteiger partial charge in [-0.25, -0.2) is 0 Å². The monoisotopic (exact) mass is 290 g/mol. The van der Waals surface area contributed by atoms with Crippen molar-refractivity contribution in [3.8, 4) is 0 Å². The third kappa shape index (κ3) is 2760. The molecule has 0 aliphatic rings. The molecule has 0 aromatic carbocycles. The topological polar surface area (TPSA) is 196 Å². The predicted octanol–water partition coefficient (Wildman–Crippen LogP) is -10.3. The first-order valence-corrected chi connectivity index (χ1v) is 3.02. The van der Waals surface area contributed by atoms with Crippen molar-refractivity contribution in [2.24, 2.45) is 0 Å². The summed E-state index contributed by atoms with van der Waals surface area (Å²) < 4.78 is 0. The molecule has 18 heavy (non-hydrogen) atoms. The third-order valence-electron chi connectivity index (χ3n) is 0.0527. The van der Waals surface area contributed by atoms with Gasteiger partial charge in [0.25, 0.3) is 5.97 Å². The Kier molecular flexibility index (Phi) is 127. The molecule has 0 aliphatic carbocycles. The molecule has 0 atom stereocenters. The second kappa shape index (κ2) is 53.4. The SMILES string of the molecule is CC(=O)O.CC(=O)[O-].O.O=C=O.[Na+].[Na+].[O-]OCO. The fraction of sp³-hybridized carbons (Fsp3) is 0.500. The molecule has 0 saturated heterocycles. The molecule has 0 unspecified atom stereocenters. The Morgan fingerprint density at radius 2 is 1.28 bits per heavy atom.